The molecule has 2 N–H and O–H groups in total. The molecule has 2 saturated heterocycles. The lowest BCUT2D eigenvalue weighted by Crippen LogP contribution is -2.65. The quantitative estimate of drug-likeness (QED) is 0.448. The van der Waals surface area contributed by atoms with E-state index in [1.165, 1.54) is 5.01 Å². The van der Waals surface area contributed by atoms with Crippen LogP contribution in [0.2, 0.25) is 0 Å². The van der Waals surface area contributed by atoms with Gasteiger partial charge in [-0.2, -0.15) is 5.01 Å². The first kappa shape index (κ1) is 27.4. The molecule has 0 aromatic heterocycles. The molecule has 2 atom stereocenters. The van der Waals surface area contributed by atoms with E-state index in [4.69, 9.17) is 9.47 Å². The van der Waals surface area contributed by atoms with Crippen molar-refractivity contribution in [2.75, 3.05) is 33.4 Å². The third-order valence-corrected chi connectivity index (χ3v) is 7.88. The highest BCUT2D eigenvalue weighted by Gasteiger charge is 2.51. The predicted octanol–water partition coefficient (Wildman–Crippen LogP) is 2.34. The summed E-state index contributed by atoms with van der Waals surface area (Å²) in [5.41, 5.74) is 2.64. The molecule has 0 bridgehead atoms. The Morgan fingerprint density at radius 2 is 1.67 bits per heavy atom. The maximum Gasteiger partial charge on any atom is 0.332 e. The van der Waals surface area contributed by atoms with Gasteiger partial charge in [-0.25, -0.2) is 4.79 Å². The molecule has 218 valence electrons. The molecule has 3 aromatic carbocycles. The van der Waals surface area contributed by atoms with Crippen LogP contribution in [0.5, 0.6) is 17.2 Å². The van der Waals surface area contributed by atoms with E-state index < -0.39 is 12.2 Å². The van der Waals surface area contributed by atoms with Crippen molar-refractivity contribution in [2.45, 2.75) is 31.7 Å². The van der Waals surface area contributed by atoms with Gasteiger partial charge in [-0.15, -0.1) is 0 Å². The van der Waals surface area contributed by atoms with E-state index in [1.807, 2.05) is 48.5 Å². The fourth-order valence-corrected chi connectivity index (χ4v) is 5.72. The average molecular weight is 572 g/mol. The van der Waals surface area contributed by atoms with Crippen molar-refractivity contribution >= 4 is 17.8 Å². The summed E-state index contributed by atoms with van der Waals surface area (Å²) in [5.74, 6) is 1.03. The number of ether oxygens (including phenoxy) is 2. The van der Waals surface area contributed by atoms with Crippen molar-refractivity contribution in [2.24, 2.45) is 0 Å². The number of urea groups is 1. The van der Waals surface area contributed by atoms with Crippen molar-refractivity contribution in [3.05, 3.63) is 89.5 Å². The maximum absolute atomic E-state index is 14.0. The van der Waals surface area contributed by atoms with E-state index >= 15 is 0 Å². The van der Waals surface area contributed by atoms with Crippen molar-refractivity contribution in [1.82, 2.24) is 25.1 Å². The third-order valence-electron chi connectivity index (χ3n) is 7.88. The minimum absolute atomic E-state index is 0.0306. The smallest absolute Gasteiger partial charge is 0.332 e. The Balaban J connectivity index is 1.25. The monoisotopic (exact) mass is 571 g/mol. The zero-order chi connectivity index (χ0) is 29.2. The van der Waals surface area contributed by atoms with Crippen LogP contribution in [0.1, 0.15) is 16.7 Å². The SMILES string of the molecule is CN(C(=O)NCc1ccccc1)N1CC(=O)N2[C@@H](Cc3ccc(O)cc3)C(=O)N(Cc3ccc4c(c3)OCCO4)C[C@@H]21. The summed E-state index contributed by atoms with van der Waals surface area (Å²) >= 11 is 0. The Hall–Kier alpha value is -4.77. The van der Waals surface area contributed by atoms with Crippen molar-refractivity contribution in [3.8, 4) is 17.2 Å². The van der Waals surface area contributed by atoms with Crippen molar-refractivity contribution in [3.63, 3.8) is 0 Å². The van der Waals surface area contributed by atoms with Gasteiger partial charge in [-0.1, -0.05) is 48.5 Å². The summed E-state index contributed by atoms with van der Waals surface area (Å²) in [4.78, 5) is 43.9. The number of hydrogen-bond donors (Lipinski definition) is 2. The zero-order valence-corrected chi connectivity index (χ0v) is 23.3. The first-order valence-electron chi connectivity index (χ1n) is 14.0. The fraction of sp³-hybridized carbons (Fsp3) is 0.323. The van der Waals surface area contributed by atoms with E-state index in [0.717, 1.165) is 16.7 Å². The number of benzene rings is 3. The molecule has 2 fully saturated rings. The molecule has 42 heavy (non-hydrogen) atoms. The molecule has 3 aliphatic heterocycles. The molecule has 0 saturated carbocycles. The highest BCUT2D eigenvalue weighted by Crippen LogP contribution is 2.33. The molecule has 11 heteroatoms. The van der Waals surface area contributed by atoms with Gasteiger partial charge in [-0.3, -0.25) is 14.6 Å². The van der Waals surface area contributed by atoms with E-state index in [2.05, 4.69) is 5.32 Å². The van der Waals surface area contributed by atoms with Crippen LogP contribution in [0.15, 0.2) is 72.8 Å². The highest BCUT2D eigenvalue weighted by molar-refractivity contribution is 5.91. The van der Waals surface area contributed by atoms with E-state index in [0.29, 0.717) is 37.8 Å². The standard InChI is InChI=1S/C31H33N5O6/c1-33(31(40)32-17-22-5-3-2-4-6-22)35-20-29(38)36-25(15-21-7-10-24(37)11-8-21)30(39)34(19-28(35)36)18-23-9-12-26-27(16-23)42-14-13-41-26/h2-12,16,25,28,37H,13-15,17-20H2,1H3,(H,32,40)/t25-,28+/m0/s1. The maximum atomic E-state index is 14.0. The van der Waals surface area contributed by atoms with Gasteiger partial charge < -0.3 is 29.7 Å². The number of nitrogens with zero attached hydrogens (tertiary/aromatic N) is 4. The van der Waals surface area contributed by atoms with Crippen LogP contribution in [0, 0.1) is 0 Å². The van der Waals surface area contributed by atoms with Gasteiger partial charge in [0, 0.05) is 26.6 Å². The van der Waals surface area contributed by atoms with Gasteiger partial charge in [0.25, 0.3) is 0 Å². The largest absolute Gasteiger partial charge is 0.508 e. The van der Waals surface area contributed by atoms with Crippen molar-refractivity contribution < 1.29 is 29.0 Å². The number of hydrazine groups is 1. The molecule has 3 aliphatic rings. The Kier molecular flexibility index (Phi) is 7.58. The lowest BCUT2D eigenvalue weighted by molar-refractivity contribution is -0.157. The summed E-state index contributed by atoms with van der Waals surface area (Å²) in [7, 11) is 1.63. The summed E-state index contributed by atoms with van der Waals surface area (Å²) in [6.45, 7) is 1.79. The van der Waals surface area contributed by atoms with Crippen LogP contribution in [-0.2, 0) is 29.1 Å². The minimum Gasteiger partial charge on any atom is -0.508 e. The molecule has 0 aliphatic carbocycles. The Morgan fingerprint density at radius 3 is 2.43 bits per heavy atom. The molecule has 3 heterocycles. The first-order chi connectivity index (χ1) is 20.4. The number of hydrogen-bond acceptors (Lipinski definition) is 7. The molecular formula is C31H33N5O6. The second kappa shape index (κ2) is 11.6. The van der Waals surface area contributed by atoms with Gasteiger partial charge in [0.15, 0.2) is 11.5 Å². The summed E-state index contributed by atoms with van der Waals surface area (Å²) in [6, 6.07) is 20.7. The van der Waals surface area contributed by atoms with Gasteiger partial charge in [-0.05, 0) is 41.0 Å². The number of phenols is 1. The number of rotatable bonds is 7. The molecule has 11 nitrogen and oxygen atoms in total. The first-order valence-corrected chi connectivity index (χ1v) is 14.0. The van der Waals surface area contributed by atoms with Crippen LogP contribution in [0.25, 0.3) is 0 Å². The Labute approximate surface area is 243 Å². The Bertz CT molecular complexity index is 1470. The number of phenolic OH excluding ortho intramolecular Hbond substituents is 1. The number of nitrogens with one attached hydrogen (secondary N) is 1. The van der Waals surface area contributed by atoms with E-state index in [9.17, 15) is 19.5 Å². The topological polar surface area (TPSA) is 115 Å². The van der Waals surface area contributed by atoms with Crippen LogP contribution >= 0.6 is 0 Å². The number of piperazine rings is 1. The Morgan fingerprint density at radius 1 is 0.952 bits per heavy atom. The lowest BCUT2D eigenvalue weighted by Gasteiger charge is -2.45. The van der Waals surface area contributed by atoms with Crippen LogP contribution in [0.4, 0.5) is 4.79 Å². The highest BCUT2D eigenvalue weighted by atomic mass is 16.6. The molecule has 0 spiro atoms. The van der Waals surface area contributed by atoms with Gasteiger partial charge in [0.2, 0.25) is 11.8 Å². The minimum atomic E-state index is -0.774. The summed E-state index contributed by atoms with van der Waals surface area (Å²) < 4.78 is 11.4. The van der Waals surface area contributed by atoms with Gasteiger partial charge in [0.1, 0.15) is 31.2 Å². The number of fused-ring (bicyclic) bond motifs is 2. The van der Waals surface area contributed by atoms with Crippen molar-refractivity contribution in [1.29, 1.82) is 0 Å². The third kappa shape index (κ3) is 5.55. The summed E-state index contributed by atoms with van der Waals surface area (Å²) in [5, 5.41) is 15.8. The molecule has 4 amide bonds. The van der Waals surface area contributed by atoms with Crippen LogP contribution in [-0.4, -0.2) is 88.3 Å². The second-order valence-corrected chi connectivity index (χ2v) is 10.6. The second-order valence-electron chi connectivity index (χ2n) is 10.6. The van der Waals surface area contributed by atoms with E-state index in [1.54, 1.807) is 46.1 Å². The van der Waals surface area contributed by atoms with Crippen LogP contribution < -0.4 is 14.8 Å². The molecule has 0 unspecified atom stereocenters. The van der Waals surface area contributed by atoms with Crippen LogP contribution in [0.3, 0.4) is 0 Å². The normalized spacial score (nSPS) is 19.9. The summed E-state index contributed by atoms with van der Waals surface area (Å²) in [6.07, 6.45) is -0.265. The molecule has 3 aromatic rings. The number of carbonyl (C=O) groups excluding carboxylic acids is 3. The van der Waals surface area contributed by atoms with Gasteiger partial charge in [0.05, 0.1) is 13.1 Å². The number of amides is 4. The lowest BCUT2D eigenvalue weighted by atomic mass is 10.00. The fourth-order valence-electron chi connectivity index (χ4n) is 5.72. The zero-order valence-electron chi connectivity index (χ0n) is 23.3. The number of carbonyl (C=O) groups is 3. The molecule has 0 radical (unpaired) electrons. The molecular weight excluding hydrogens is 538 g/mol. The number of aromatic hydroxyl groups is 1. The van der Waals surface area contributed by atoms with E-state index in [-0.39, 0.29) is 43.1 Å². The predicted molar refractivity (Wildman–Crippen MR) is 152 cm³/mol. The van der Waals surface area contributed by atoms with Gasteiger partial charge >= 0.3 is 6.03 Å². The molecule has 6 rings (SSSR count). The average Bonchev–Trinajstić information content (AvgIpc) is 3.34.